The number of ether oxygens (including phenoxy) is 1. The Hall–Kier alpha value is -2.03. The molecule has 0 aromatic heterocycles. The maximum atomic E-state index is 11.7. The summed E-state index contributed by atoms with van der Waals surface area (Å²) in [5.74, 6) is 1.42. The maximum Gasteiger partial charge on any atom is 0.244 e. The van der Waals surface area contributed by atoms with E-state index in [1.165, 1.54) is 6.08 Å². The lowest BCUT2D eigenvalue weighted by atomic mass is 10.1. The molecule has 1 aromatic rings. The minimum Gasteiger partial charge on any atom is -0.494 e. The van der Waals surface area contributed by atoms with E-state index in [9.17, 15) is 4.79 Å². The molecule has 0 bridgehead atoms. The molecule has 0 aliphatic heterocycles. The van der Waals surface area contributed by atoms with Gasteiger partial charge in [-0.3, -0.25) is 4.79 Å². The molecule has 0 fully saturated rings. The Kier molecular flexibility index (Phi) is 8.05. The van der Waals surface area contributed by atoms with Crippen molar-refractivity contribution in [1.29, 1.82) is 0 Å². The first-order chi connectivity index (χ1) is 10.5. The van der Waals surface area contributed by atoms with E-state index in [-0.39, 0.29) is 11.9 Å². The molecule has 0 spiro atoms. The molecule has 0 heterocycles. The van der Waals surface area contributed by atoms with Crippen molar-refractivity contribution >= 4 is 5.91 Å². The quantitative estimate of drug-likeness (QED) is 0.570. The van der Waals surface area contributed by atoms with Crippen LogP contribution in [-0.4, -0.2) is 12.5 Å². The average Bonchev–Trinajstić information content (AvgIpc) is 2.47. The lowest BCUT2D eigenvalue weighted by molar-refractivity contribution is -0.117. The van der Waals surface area contributed by atoms with Gasteiger partial charge in [-0.2, -0.15) is 0 Å². The molecule has 0 aliphatic carbocycles. The zero-order valence-electron chi connectivity index (χ0n) is 14.0. The molecule has 1 N–H and O–H groups in total. The second-order valence-electron chi connectivity index (χ2n) is 5.72. The van der Waals surface area contributed by atoms with Crippen LogP contribution in [-0.2, 0) is 4.79 Å². The smallest absolute Gasteiger partial charge is 0.244 e. The second-order valence-corrected chi connectivity index (χ2v) is 5.72. The zero-order valence-corrected chi connectivity index (χ0v) is 14.0. The summed E-state index contributed by atoms with van der Waals surface area (Å²) in [5.41, 5.74) is 1.06. The molecular weight excluding hydrogens is 274 g/mol. The minimum atomic E-state index is -0.0946. The summed E-state index contributed by atoms with van der Waals surface area (Å²) >= 11 is 0. The highest BCUT2D eigenvalue weighted by Crippen LogP contribution is 2.18. The minimum absolute atomic E-state index is 0.0347. The Balaban J connectivity index is 2.49. The van der Waals surface area contributed by atoms with Gasteiger partial charge in [-0.05, 0) is 43.9 Å². The van der Waals surface area contributed by atoms with Crippen LogP contribution in [0.1, 0.15) is 45.7 Å². The van der Waals surface area contributed by atoms with Gasteiger partial charge < -0.3 is 10.1 Å². The fraction of sp³-hybridized carbons (Fsp3) is 0.421. The van der Waals surface area contributed by atoms with Gasteiger partial charge in [0.05, 0.1) is 12.6 Å². The third-order valence-electron chi connectivity index (χ3n) is 3.25. The first-order valence-corrected chi connectivity index (χ1v) is 7.85. The first kappa shape index (κ1) is 18.0. The maximum absolute atomic E-state index is 11.7. The number of hydrogen-bond acceptors (Lipinski definition) is 2. The van der Waals surface area contributed by atoms with Crippen LogP contribution in [0.2, 0.25) is 0 Å². The molecular formula is C19H27NO2. The monoisotopic (exact) mass is 301 g/mol. The Morgan fingerprint density at radius 2 is 1.86 bits per heavy atom. The van der Waals surface area contributed by atoms with E-state index in [1.54, 1.807) is 6.08 Å². The van der Waals surface area contributed by atoms with Crippen molar-refractivity contribution in [2.24, 2.45) is 5.92 Å². The van der Waals surface area contributed by atoms with Gasteiger partial charge in [0.15, 0.2) is 0 Å². The van der Waals surface area contributed by atoms with E-state index in [0.29, 0.717) is 5.92 Å². The van der Waals surface area contributed by atoms with Crippen LogP contribution in [0.25, 0.3) is 0 Å². The number of allylic oxidation sites excluding steroid dienone is 3. The topological polar surface area (TPSA) is 38.3 Å². The normalized spacial score (nSPS) is 13.0. The number of carbonyl (C=O) groups is 1. The van der Waals surface area contributed by atoms with Crippen molar-refractivity contribution in [3.63, 3.8) is 0 Å². The van der Waals surface area contributed by atoms with Crippen LogP contribution in [0.5, 0.6) is 5.75 Å². The Labute approximate surface area is 134 Å². The SMILES string of the molecule is CC=CC=CC(=O)NC(C)c1ccc(OCCC(C)C)cc1. The van der Waals surface area contributed by atoms with Crippen LogP contribution < -0.4 is 10.1 Å². The van der Waals surface area contributed by atoms with E-state index in [0.717, 1.165) is 24.3 Å². The first-order valence-electron chi connectivity index (χ1n) is 7.85. The number of carbonyl (C=O) groups excluding carboxylic acids is 1. The summed E-state index contributed by atoms with van der Waals surface area (Å²) in [6.07, 6.45) is 8.01. The molecule has 0 saturated carbocycles. The van der Waals surface area contributed by atoms with Crippen molar-refractivity contribution in [1.82, 2.24) is 5.32 Å². The highest BCUT2D eigenvalue weighted by molar-refractivity contribution is 5.88. The van der Waals surface area contributed by atoms with Crippen LogP contribution in [0, 0.1) is 5.92 Å². The van der Waals surface area contributed by atoms with Gasteiger partial charge in [-0.1, -0.05) is 44.2 Å². The predicted octanol–water partition coefficient (Wildman–Crippen LogP) is 4.42. The predicted molar refractivity (Wildman–Crippen MR) is 91.9 cm³/mol. The molecule has 0 aliphatic rings. The molecule has 1 unspecified atom stereocenters. The van der Waals surface area contributed by atoms with Crippen molar-refractivity contribution in [3.05, 3.63) is 54.1 Å². The van der Waals surface area contributed by atoms with E-state index < -0.39 is 0 Å². The molecule has 1 rings (SSSR count). The molecule has 3 nitrogen and oxygen atoms in total. The van der Waals surface area contributed by atoms with E-state index in [4.69, 9.17) is 4.74 Å². The van der Waals surface area contributed by atoms with Crippen LogP contribution in [0.15, 0.2) is 48.6 Å². The van der Waals surface area contributed by atoms with Gasteiger partial charge >= 0.3 is 0 Å². The van der Waals surface area contributed by atoms with Gasteiger partial charge in [-0.15, -0.1) is 0 Å². The number of amides is 1. The highest BCUT2D eigenvalue weighted by Gasteiger charge is 2.07. The Bertz CT molecular complexity index is 501. The molecule has 120 valence electrons. The number of nitrogens with one attached hydrogen (secondary N) is 1. The van der Waals surface area contributed by atoms with Crippen molar-refractivity contribution < 1.29 is 9.53 Å². The van der Waals surface area contributed by atoms with Gasteiger partial charge in [0.2, 0.25) is 5.91 Å². The van der Waals surface area contributed by atoms with E-state index in [1.807, 2.05) is 50.3 Å². The van der Waals surface area contributed by atoms with Crippen LogP contribution >= 0.6 is 0 Å². The zero-order chi connectivity index (χ0) is 16.4. The van der Waals surface area contributed by atoms with Crippen molar-refractivity contribution in [2.45, 2.75) is 40.2 Å². The van der Waals surface area contributed by atoms with E-state index in [2.05, 4.69) is 19.2 Å². The summed E-state index contributed by atoms with van der Waals surface area (Å²) < 4.78 is 5.69. The molecule has 1 amide bonds. The summed E-state index contributed by atoms with van der Waals surface area (Å²) in [5, 5.41) is 2.93. The summed E-state index contributed by atoms with van der Waals surface area (Å²) in [6.45, 7) is 8.98. The second kappa shape index (κ2) is 9.82. The third kappa shape index (κ3) is 7.11. The summed E-state index contributed by atoms with van der Waals surface area (Å²) in [6, 6.07) is 7.85. The molecule has 3 heteroatoms. The van der Waals surface area contributed by atoms with Crippen LogP contribution in [0.4, 0.5) is 0 Å². The highest BCUT2D eigenvalue weighted by atomic mass is 16.5. The van der Waals surface area contributed by atoms with Gasteiger partial charge in [0, 0.05) is 6.08 Å². The Morgan fingerprint density at radius 1 is 1.18 bits per heavy atom. The number of rotatable bonds is 8. The lowest BCUT2D eigenvalue weighted by Gasteiger charge is -2.14. The van der Waals surface area contributed by atoms with Crippen LogP contribution in [0.3, 0.4) is 0 Å². The molecule has 0 saturated heterocycles. The molecule has 1 aromatic carbocycles. The largest absolute Gasteiger partial charge is 0.494 e. The third-order valence-corrected chi connectivity index (χ3v) is 3.25. The average molecular weight is 301 g/mol. The van der Waals surface area contributed by atoms with E-state index >= 15 is 0 Å². The standard InChI is InChI=1S/C19H27NO2/c1-5-6-7-8-19(21)20-16(4)17-9-11-18(12-10-17)22-14-13-15(2)3/h5-12,15-16H,13-14H2,1-4H3,(H,20,21). The fourth-order valence-corrected chi connectivity index (χ4v) is 1.86. The fourth-order valence-electron chi connectivity index (χ4n) is 1.86. The molecule has 22 heavy (non-hydrogen) atoms. The van der Waals surface area contributed by atoms with Crippen molar-refractivity contribution in [2.75, 3.05) is 6.61 Å². The van der Waals surface area contributed by atoms with Gasteiger partial charge in [-0.25, -0.2) is 0 Å². The lowest BCUT2D eigenvalue weighted by Crippen LogP contribution is -2.24. The van der Waals surface area contributed by atoms with Gasteiger partial charge in [0.25, 0.3) is 0 Å². The van der Waals surface area contributed by atoms with Gasteiger partial charge in [0.1, 0.15) is 5.75 Å². The molecule has 0 radical (unpaired) electrons. The van der Waals surface area contributed by atoms with Crippen molar-refractivity contribution in [3.8, 4) is 5.75 Å². The summed E-state index contributed by atoms with van der Waals surface area (Å²) in [4.78, 5) is 11.7. The Morgan fingerprint density at radius 3 is 2.45 bits per heavy atom. The number of hydrogen-bond donors (Lipinski definition) is 1. The summed E-state index contributed by atoms with van der Waals surface area (Å²) in [7, 11) is 0. The molecule has 1 atom stereocenters. The number of benzene rings is 1.